The molecule has 0 saturated carbocycles. The first-order valence-electron chi connectivity index (χ1n) is 6.73. The Morgan fingerprint density at radius 2 is 1.57 bits per heavy atom. The first-order chi connectivity index (χ1) is 9.62. The van der Waals surface area contributed by atoms with Gasteiger partial charge in [0.2, 0.25) is 5.91 Å². The van der Waals surface area contributed by atoms with Crippen LogP contribution in [0.5, 0.6) is 0 Å². The highest BCUT2D eigenvalue weighted by Crippen LogP contribution is 2.46. The molecular formula is C12H25N2O6P. The maximum Gasteiger partial charge on any atom is 0.408 e. The van der Waals surface area contributed by atoms with Gasteiger partial charge in [-0.05, 0) is 34.6 Å². The van der Waals surface area contributed by atoms with Gasteiger partial charge in [0, 0.05) is 0 Å². The lowest BCUT2D eigenvalue weighted by Gasteiger charge is -2.20. The lowest BCUT2D eigenvalue weighted by Crippen LogP contribution is -2.40. The van der Waals surface area contributed by atoms with Crippen LogP contribution in [0.4, 0.5) is 4.79 Å². The molecule has 0 aromatic carbocycles. The molecule has 0 rings (SSSR count). The van der Waals surface area contributed by atoms with Crippen molar-refractivity contribution in [2.45, 2.75) is 40.2 Å². The molecule has 0 aliphatic heterocycles. The summed E-state index contributed by atoms with van der Waals surface area (Å²) in [4.78, 5) is 22.9. The van der Waals surface area contributed by atoms with Gasteiger partial charge in [-0.25, -0.2) is 4.79 Å². The Morgan fingerprint density at radius 3 is 2.00 bits per heavy atom. The predicted molar refractivity (Wildman–Crippen MR) is 78.1 cm³/mol. The van der Waals surface area contributed by atoms with Gasteiger partial charge in [0.15, 0.2) is 0 Å². The van der Waals surface area contributed by atoms with Crippen molar-refractivity contribution >= 4 is 19.6 Å². The second-order valence-corrected chi connectivity index (χ2v) is 7.11. The van der Waals surface area contributed by atoms with Crippen molar-refractivity contribution in [3.8, 4) is 0 Å². The summed E-state index contributed by atoms with van der Waals surface area (Å²) in [6, 6.07) is 0. The second-order valence-electron chi connectivity index (χ2n) is 5.06. The maximum absolute atomic E-state index is 12.1. The lowest BCUT2D eigenvalue weighted by molar-refractivity contribution is -0.120. The molecule has 2 N–H and O–H groups in total. The smallest absolute Gasteiger partial charge is 0.408 e. The van der Waals surface area contributed by atoms with Gasteiger partial charge in [0.25, 0.3) is 0 Å². The highest BCUT2D eigenvalue weighted by Gasteiger charge is 2.24. The highest BCUT2D eigenvalue weighted by atomic mass is 31.2. The Hall–Kier alpha value is -1.11. The van der Waals surface area contributed by atoms with Gasteiger partial charge in [-0.3, -0.25) is 9.36 Å². The number of hydrogen-bond acceptors (Lipinski definition) is 6. The van der Waals surface area contributed by atoms with E-state index < -0.39 is 25.2 Å². The topological polar surface area (TPSA) is 103 Å². The molecular weight excluding hydrogens is 299 g/mol. The van der Waals surface area contributed by atoms with Crippen molar-refractivity contribution in [1.82, 2.24) is 10.6 Å². The van der Waals surface area contributed by atoms with Gasteiger partial charge in [0.1, 0.15) is 18.4 Å². The summed E-state index contributed by atoms with van der Waals surface area (Å²) in [5, 5.41) is 4.68. The van der Waals surface area contributed by atoms with Crippen LogP contribution in [0.2, 0.25) is 0 Å². The summed E-state index contributed by atoms with van der Waals surface area (Å²) in [5.74, 6) is -0.513. The van der Waals surface area contributed by atoms with E-state index in [0.29, 0.717) is 0 Å². The molecule has 0 heterocycles. The summed E-state index contributed by atoms with van der Waals surface area (Å²) >= 11 is 0. The Labute approximate surface area is 125 Å². The maximum atomic E-state index is 12.1. The molecule has 2 amide bonds. The van der Waals surface area contributed by atoms with Crippen LogP contribution in [0, 0.1) is 0 Å². The number of hydrogen-bond donors (Lipinski definition) is 2. The Bertz CT molecular complexity index is 384. The molecule has 0 atom stereocenters. The fraction of sp³-hybridized carbons (Fsp3) is 0.833. The first-order valence-corrected chi connectivity index (χ1v) is 8.46. The van der Waals surface area contributed by atoms with Crippen LogP contribution >= 0.6 is 7.60 Å². The minimum absolute atomic E-state index is 0.212. The Balaban J connectivity index is 4.15. The molecule has 9 heteroatoms. The van der Waals surface area contributed by atoms with Crippen LogP contribution in [0.15, 0.2) is 0 Å². The molecule has 8 nitrogen and oxygen atoms in total. The van der Waals surface area contributed by atoms with E-state index in [0.717, 1.165) is 0 Å². The van der Waals surface area contributed by atoms with E-state index >= 15 is 0 Å². The molecule has 0 bridgehead atoms. The molecule has 0 aliphatic carbocycles. The standard InChI is InChI=1S/C12H25N2O6P/c1-6-18-21(17,19-7-2)9-14-10(15)8-13-11(16)20-12(3,4)5/h6-9H2,1-5H3,(H,13,16)(H,14,15). The second kappa shape index (κ2) is 9.02. The number of rotatable bonds is 8. The molecule has 0 spiro atoms. The monoisotopic (exact) mass is 324 g/mol. The minimum Gasteiger partial charge on any atom is -0.444 e. The molecule has 0 saturated heterocycles. The van der Waals surface area contributed by atoms with E-state index in [1.165, 1.54) is 0 Å². The molecule has 0 fully saturated rings. The highest BCUT2D eigenvalue weighted by molar-refractivity contribution is 7.53. The van der Waals surface area contributed by atoms with E-state index in [1.807, 2.05) is 0 Å². The zero-order chi connectivity index (χ0) is 16.5. The fourth-order valence-corrected chi connectivity index (χ4v) is 2.65. The minimum atomic E-state index is -3.33. The third kappa shape index (κ3) is 10.3. The number of carbonyl (C=O) groups is 2. The van der Waals surface area contributed by atoms with Crippen molar-refractivity contribution in [3.05, 3.63) is 0 Å². The number of nitrogens with one attached hydrogen (secondary N) is 2. The average molecular weight is 324 g/mol. The Morgan fingerprint density at radius 1 is 1.05 bits per heavy atom. The van der Waals surface area contributed by atoms with Crippen molar-refractivity contribution in [2.75, 3.05) is 26.0 Å². The van der Waals surface area contributed by atoms with Gasteiger partial charge >= 0.3 is 13.7 Å². The van der Waals surface area contributed by atoms with Gasteiger partial charge in [-0.15, -0.1) is 0 Å². The average Bonchev–Trinajstić information content (AvgIpc) is 2.32. The van der Waals surface area contributed by atoms with Crippen molar-refractivity contribution in [2.24, 2.45) is 0 Å². The van der Waals surface area contributed by atoms with Crippen LogP contribution in [0.1, 0.15) is 34.6 Å². The van der Waals surface area contributed by atoms with Gasteiger partial charge < -0.3 is 24.4 Å². The van der Waals surface area contributed by atoms with E-state index in [1.54, 1.807) is 34.6 Å². The van der Waals surface area contributed by atoms with Gasteiger partial charge in [0.05, 0.1) is 13.2 Å². The number of ether oxygens (including phenoxy) is 1. The summed E-state index contributed by atoms with van der Waals surface area (Å²) in [6.45, 7) is 8.64. The normalized spacial score (nSPS) is 11.9. The van der Waals surface area contributed by atoms with Crippen LogP contribution in [0.3, 0.4) is 0 Å². The van der Waals surface area contributed by atoms with E-state index in [-0.39, 0.29) is 26.0 Å². The summed E-state index contributed by atoms with van der Waals surface area (Å²) in [5.41, 5.74) is -0.639. The SMILES string of the molecule is CCOP(=O)(CNC(=O)CNC(=O)OC(C)(C)C)OCC. The molecule has 21 heavy (non-hydrogen) atoms. The van der Waals surface area contributed by atoms with Gasteiger partial charge in [-0.2, -0.15) is 0 Å². The van der Waals surface area contributed by atoms with Crippen molar-refractivity contribution in [1.29, 1.82) is 0 Å². The van der Waals surface area contributed by atoms with Gasteiger partial charge in [-0.1, -0.05) is 0 Å². The zero-order valence-electron chi connectivity index (χ0n) is 13.2. The van der Waals surface area contributed by atoms with Crippen molar-refractivity contribution < 1.29 is 27.9 Å². The number of carbonyl (C=O) groups excluding carboxylic acids is 2. The Kier molecular flexibility index (Phi) is 8.54. The van der Waals surface area contributed by atoms with Crippen LogP contribution in [-0.2, 0) is 23.1 Å². The zero-order valence-corrected chi connectivity index (χ0v) is 14.1. The quantitative estimate of drug-likeness (QED) is 0.661. The molecule has 0 unspecified atom stereocenters. The van der Waals surface area contributed by atoms with E-state index in [2.05, 4.69) is 10.6 Å². The summed E-state index contributed by atoms with van der Waals surface area (Å²) in [7, 11) is -3.33. The molecule has 0 aliphatic rings. The van der Waals surface area contributed by atoms with E-state index in [4.69, 9.17) is 13.8 Å². The predicted octanol–water partition coefficient (Wildman–Crippen LogP) is 1.85. The molecule has 0 radical (unpaired) electrons. The fourth-order valence-electron chi connectivity index (χ4n) is 1.24. The lowest BCUT2D eigenvalue weighted by atomic mass is 10.2. The summed E-state index contributed by atoms with van der Waals surface area (Å²) in [6.07, 6.45) is -0.945. The number of amides is 2. The van der Waals surface area contributed by atoms with Crippen LogP contribution in [-0.4, -0.2) is 43.6 Å². The van der Waals surface area contributed by atoms with Crippen LogP contribution < -0.4 is 10.6 Å². The third-order valence-electron chi connectivity index (χ3n) is 1.91. The third-order valence-corrected chi connectivity index (χ3v) is 3.76. The van der Waals surface area contributed by atoms with Crippen LogP contribution in [0.25, 0.3) is 0 Å². The summed E-state index contributed by atoms with van der Waals surface area (Å²) < 4.78 is 27.1. The number of alkyl carbamates (subject to hydrolysis) is 1. The van der Waals surface area contributed by atoms with E-state index in [9.17, 15) is 14.2 Å². The van der Waals surface area contributed by atoms with Crippen molar-refractivity contribution in [3.63, 3.8) is 0 Å². The molecule has 0 aromatic rings. The largest absolute Gasteiger partial charge is 0.444 e. The molecule has 124 valence electrons. The molecule has 0 aromatic heterocycles. The first kappa shape index (κ1) is 19.9.